The van der Waals surface area contributed by atoms with Gasteiger partial charge in [-0.3, -0.25) is 19.1 Å². The van der Waals surface area contributed by atoms with E-state index in [9.17, 15) is 27.6 Å². The monoisotopic (exact) mass is 725 g/mol. The number of pyridine rings is 1. The lowest BCUT2D eigenvalue weighted by atomic mass is 9.84. The number of nitrogens with one attached hydrogen (secondary N) is 2. The summed E-state index contributed by atoms with van der Waals surface area (Å²) >= 11 is 0. The normalized spacial score (nSPS) is 29.6. The fraction of sp³-hybridized carbons (Fsp3) is 0.583. The number of hydrogen-bond acceptors (Lipinski definition) is 10. The average Bonchev–Trinajstić information content (AvgIpc) is 4.00. The maximum absolute atomic E-state index is 15.0. The van der Waals surface area contributed by atoms with Crippen LogP contribution < -0.4 is 14.8 Å². The highest BCUT2D eigenvalue weighted by Crippen LogP contribution is 2.46. The van der Waals surface area contributed by atoms with Crippen molar-refractivity contribution in [3.63, 3.8) is 0 Å². The lowest BCUT2D eigenvalue weighted by Gasteiger charge is -2.41. The first-order valence-electron chi connectivity index (χ1n) is 17.5. The zero-order valence-electron chi connectivity index (χ0n) is 29.6. The van der Waals surface area contributed by atoms with E-state index in [4.69, 9.17) is 14.2 Å². The number of fused-ring (bicyclic) bond motifs is 5. The van der Waals surface area contributed by atoms with E-state index in [1.165, 1.54) is 23.0 Å². The summed E-state index contributed by atoms with van der Waals surface area (Å²) < 4.78 is 45.6. The molecule has 0 radical (unpaired) electrons. The summed E-state index contributed by atoms with van der Waals surface area (Å²) in [7, 11) is -2.47. The summed E-state index contributed by atoms with van der Waals surface area (Å²) in [5.41, 5.74) is -0.951. The van der Waals surface area contributed by atoms with Crippen molar-refractivity contribution in [2.75, 3.05) is 20.3 Å². The number of nitrogens with zero attached hydrogens (tertiary/aromatic N) is 3. The first kappa shape index (κ1) is 36.4. The van der Waals surface area contributed by atoms with E-state index in [1.54, 1.807) is 18.3 Å². The number of aromatic nitrogens is 1. The molecule has 2 N–H and O–H groups in total. The molecule has 2 aliphatic carbocycles. The Labute approximate surface area is 298 Å². The molecular weight excluding hydrogens is 678 g/mol. The molecule has 4 amide bonds. The number of methoxy groups -OCH3 is 1. The van der Waals surface area contributed by atoms with Gasteiger partial charge in [0, 0.05) is 30.2 Å². The molecule has 0 unspecified atom stereocenters. The summed E-state index contributed by atoms with van der Waals surface area (Å²) in [6.07, 6.45) is 9.31. The molecule has 1 aromatic rings. The van der Waals surface area contributed by atoms with Crippen LogP contribution in [0.25, 0.3) is 6.08 Å². The molecule has 3 aliphatic heterocycles. The minimum absolute atomic E-state index is 0.0366. The second-order valence-electron chi connectivity index (χ2n) is 15.0. The minimum Gasteiger partial charge on any atom is -0.482 e. The summed E-state index contributed by atoms with van der Waals surface area (Å²) in [6, 6.07) is 1.28. The quantitative estimate of drug-likeness (QED) is 0.397. The van der Waals surface area contributed by atoms with Gasteiger partial charge in [0.2, 0.25) is 27.7 Å². The van der Waals surface area contributed by atoms with Crippen LogP contribution in [-0.2, 0) is 33.9 Å². The highest BCUT2D eigenvalue weighted by atomic mass is 32.2. The zero-order valence-corrected chi connectivity index (χ0v) is 30.4. The largest absolute Gasteiger partial charge is 0.482 e. The van der Waals surface area contributed by atoms with Crippen molar-refractivity contribution in [2.45, 2.75) is 101 Å². The number of hydrogen-bond donors (Lipinski definition) is 2. The van der Waals surface area contributed by atoms with E-state index < -0.39 is 74.1 Å². The topological polar surface area (TPSA) is 174 Å². The lowest BCUT2D eigenvalue weighted by molar-refractivity contribution is -0.146. The molecule has 5 aliphatic rings. The van der Waals surface area contributed by atoms with Crippen molar-refractivity contribution in [1.29, 1.82) is 0 Å². The SMILES string of the molecule is C=C[C@@H]1C[C@]1(NC(=O)[C@@H]1C[C@@H]2CN1C(=O)[C@H](C(C)(C)C)N1C(=O)OCCCCC/C(=C/c3cccnc3O2)C=C1OC)C(=O)NS(=O)(=O)C1CC1. The molecule has 4 heterocycles. The van der Waals surface area contributed by atoms with Gasteiger partial charge in [0.15, 0.2) is 5.88 Å². The van der Waals surface area contributed by atoms with Crippen molar-refractivity contribution in [1.82, 2.24) is 24.8 Å². The number of carbonyl (C=O) groups is 4. The smallest absolute Gasteiger partial charge is 0.417 e. The van der Waals surface area contributed by atoms with E-state index in [0.717, 1.165) is 18.4 Å². The standard InChI is InChI=1S/C36H47N5O9S/c1-6-24-20-36(24,33(44)39-51(46,47)26-13-14-26)38-30(42)27-19-25-21-40(27)32(43)29(35(2,3)4)41-28(48-5)18-22(11-8-7-9-16-49-34(41)45)17-23-12-10-15-37-31(23)50-25/h6,10,12,15,17-18,24-27,29H,1,7-9,11,13-14,16,19-21H2,2-5H3,(H,38,42)(H,39,44)/b22-17-,28-18?/t24-,25-,27+,29-,36-/m1/s1. The lowest BCUT2D eigenvalue weighted by Crippen LogP contribution is -2.61. The third-order valence-electron chi connectivity index (χ3n) is 10.1. The number of amides is 4. The highest BCUT2D eigenvalue weighted by Gasteiger charge is 2.62. The number of allylic oxidation sites excluding steroid dienone is 2. The Kier molecular flexibility index (Phi) is 9.96. The summed E-state index contributed by atoms with van der Waals surface area (Å²) in [6.45, 7) is 9.33. The molecule has 15 heteroatoms. The minimum atomic E-state index is -3.90. The Hall–Kier alpha value is -4.40. The van der Waals surface area contributed by atoms with Gasteiger partial charge in [-0.05, 0) is 74.1 Å². The first-order chi connectivity index (χ1) is 24.2. The van der Waals surface area contributed by atoms with Crippen molar-refractivity contribution in [2.24, 2.45) is 11.3 Å². The maximum Gasteiger partial charge on any atom is 0.417 e. The van der Waals surface area contributed by atoms with Gasteiger partial charge in [-0.1, -0.05) is 26.8 Å². The molecule has 276 valence electrons. The van der Waals surface area contributed by atoms with Crippen LogP contribution >= 0.6 is 0 Å². The molecule has 4 bridgehead atoms. The molecule has 2 saturated carbocycles. The van der Waals surface area contributed by atoms with Crippen LogP contribution in [0, 0.1) is 11.3 Å². The van der Waals surface area contributed by atoms with Crippen LogP contribution in [0.5, 0.6) is 5.88 Å². The Morgan fingerprint density at radius 2 is 1.92 bits per heavy atom. The number of carbonyl (C=O) groups excluding carboxylic acids is 4. The fourth-order valence-corrected chi connectivity index (χ4v) is 8.48. The molecule has 51 heavy (non-hydrogen) atoms. The zero-order chi connectivity index (χ0) is 36.7. The Bertz CT molecular complexity index is 1770. The van der Waals surface area contributed by atoms with E-state index in [2.05, 4.69) is 21.6 Å². The van der Waals surface area contributed by atoms with Crippen molar-refractivity contribution < 1.29 is 41.8 Å². The molecule has 3 fully saturated rings. The molecule has 5 atom stereocenters. The van der Waals surface area contributed by atoms with Gasteiger partial charge in [0.25, 0.3) is 5.91 Å². The second-order valence-corrected chi connectivity index (χ2v) is 17.0. The van der Waals surface area contributed by atoms with E-state index in [1.807, 2.05) is 32.9 Å². The van der Waals surface area contributed by atoms with Crippen molar-refractivity contribution in [3.8, 4) is 5.88 Å². The van der Waals surface area contributed by atoms with Gasteiger partial charge >= 0.3 is 6.09 Å². The van der Waals surface area contributed by atoms with Crippen molar-refractivity contribution >= 4 is 39.9 Å². The molecule has 0 spiro atoms. The Morgan fingerprint density at radius 1 is 1.16 bits per heavy atom. The number of cyclic esters (lactones) is 1. The molecule has 6 rings (SSSR count). The number of ether oxygens (including phenoxy) is 3. The van der Waals surface area contributed by atoms with Gasteiger partial charge in [-0.15, -0.1) is 6.58 Å². The number of rotatable bonds is 7. The second kappa shape index (κ2) is 14.0. The predicted molar refractivity (Wildman–Crippen MR) is 186 cm³/mol. The molecule has 0 aromatic carbocycles. The van der Waals surface area contributed by atoms with Crippen LogP contribution in [0.4, 0.5) is 4.79 Å². The van der Waals surface area contributed by atoms with Gasteiger partial charge in [-0.2, -0.15) is 0 Å². The third-order valence-corrected chi connectivity index (χ3v) is 11.9. The molecule has 1 aromatic heterocycles. The molecule has 14 nitrogen and oxygen atoms in total. The van der Waals surface area contributed by atoms with Crippen LogP contribution in [0.1, 0.15) is 77.7 Å². The summed E-state index contributed by atoms with van der Waals surface area (Å²) in [5.74, 6) is -2.17. The molecular formula is C36H47N5O9S. The molecule has 1 saturated heterocycles. The first-order valence-corrected chi connectivity index (χ1v) is 19.1. The van der Waals surface area contributed by atoms with Crippen LogP contribution in [0.15, 0.2) is 48.5 Å². The van der Waals surface area contributed by atoms with E-state index in [0.29, 0.717) is 37.1 Å². The summed E-state index contributed by atoms with van der Waals surface area (Å²) in [5, 5.41) is 2.16. The maximum atomic E-state index is 15.0. The van der Waals surface area contributed by atoms with Gasteiger partial charge in [0.05, 0.1) is 25.5 Å². The average molecular weight is 726 g/mol. The Balaban J connectivity index is 1.42. The van der Waals surface area contributed by atoms with Crippen molar-refractivity contribution in [3.05, 3.63) is 54.1 Å². The van der Waals surface area contributed by atoms with E-state index >= 15 is 0 Å². The van der Waals surface area contributed by atoms with E-state index in [-0.39, 0.29) is 31.9 Å². The number of sulfonamides is 1. The van der Waals surface area contributed by atoms with Crippen LogP contribution in [-0.4, -0.2) is 96.3 Å². The predicted octanol–water partition coefficient (Wildman–Crippen LogP) is 3.41. The van der Waals surface area contributed by atoms with Crippen LogP contribution in [0.3, 0.4) is 0 Å². The van der Waals surface area contributed by atoms with Gasteiger partial charge < -0.3 is 24.4 Å². The van der Waals surface area contributed by atoms with Crippen LogP contribution in [0.2, 0.25) is 0 Å². The highest BCUT2D eigenvalue weighted by molar-refractivity contribution is 7.91. The third kappa shape index (κ3) is 7.49. The Morgan fingerprint density at radius 3 is 2.59 bits per heavy atom. The van der Waals surface area contributed by atoms with Gasteiger partial charge in [-0.25, -0.2) is 23.1 Å². The summed E-state index contributed by atoms with van der Waals surface area (Å²) in [4.78, 5) is 63.9. The fourth-order valence-electron chi connectivity index (χ4n) is 7.12. The van der Waals surface area contributed by atoms with Gasteiger partial charge in [0.1, 0.15) is 23.7 Å².